The van der Waals surface area contributed by atoms with Gasteiger partial charge in [-0.15, -0.1) is 0 Å². The fourth-order valence-corrected chi connectivity index (χ4v) is 4.94. The Labute approximate surface area is 188 Å². The Bertz CT molecular complexity index is 852. The Balaban J connectivity index is 1.39. The molecule has 0 amide bonds. The number of methoxy groups -OCH3 is 2. The molecular weight excluding hydrogens is 414 g/mol. The number of esters is 1. The van der Waals surface area contributed by atoms with Crippen LogP contribution in [0.5, 0.6) is 5.75 Å². The SMILES string of the molecule is COc1cnc(NCC(=O)O[C@@H]2CC[C@]3(CO3)[C@@H]([C@]3(C)O[C@@H]3CC=C(C)C)[C@@H]2OC)nc1. The van der Waals surface area contributed by atoms with Gasteiger partial charge in [-0.05, 0) is 40.0 Å². The lowest BCUT2D eigenvalue weighted by atomic mass is 9.68. The van der Waals surface area contributed by atoms with Crippen LogP contribution in [0, 0.1) is 5.92 Å². The van der Waals surface area contributed by atoms with Gasteiger partial charge in [0.25, 0.3) is 0 Å². The lowest BCUT2D eigenvalue weighted by Crippen LogP contribution is -2.55. The summed E-state index contributed by atoms with van der Waals surface area (Å²) in [7, 11) is 3.21. The molecule has 2 saturated heterocycles. The maximum absolute atomic E-state index is 12.6. The maximum atomic E-state index is 12.6. The van der Waals surface area contributed by atoms with Crippen LogP contribution in [0.2, 0.25) is 0 Å². The molecule has 1 aromatic heterocycles. The second-order valence-corrected chi connectivity index (χ2v) is 9.21. The number of hydrogen-bond donors (Lipinski definition) is 1. The van der Waals surface area contributed by atoms with Crippen LogP contribution in [0.1, 0.15) is 40.0 Å². The van der Waals surface area contributed by atoms with Crippen LogP contribution in [0.25, 0.3) is 0 Å². The number of rotatable bonds is 9. The summed E-state index contributed by atoms with van der Waals surface area (Å²) in [4.78, 5) is 20.8. The number of carbonyl (C=O) groups is 1. The van der Waals surface area contributed by atoms with Gasteiger partial charge in [-0.2, -0.15) is 0 Å². The molecule has 3 heterocycles. The molecule has 9 nitrogen and oxygen atoms in total. The molecule has 1 spiro atoms. The Kier molecular flexibility index (Phi) is 6.42. The van der Waals surface area contributed by atoms with Crippen molar-refractivity contribution < 1.29 is 28.5 Å². The van der Waals surface area contributed by atoms with Gasteiger partial charge in [-0.1, -0.05) is 11.6 Å². The third-order valence-electron chi connectivity index (χ3n) is 6.77. The number of nitrogens with one attached hydrogen (secondary N) is 1. The monoisotopic (exact) mass is 447 g/mol. The molecule has 3 aliphatic rings. The molecule has 1 saturated carbocycles. The largest absolute Gasteiger partial charge is 0.494 e. The number of nitrogens with zero attached hydrogens (tertiary/aromatic N) is 2. The van der Waals surface area contributed by atoms with E-state index in [1.165, 1.54) is 18.0 Å². The molecule has 32 heavy (non-hydrogen) atoms. The minimum atomic E-state index is -0.383. The van der Waals surface area contributed by atoms with Gasteiger partial charge >= 0.3 is 5.97 Å². The van der Waals surface area contributed by atoms with E-state index in [2.05, 4.69) is 42.1 Å². The molecule has 1 aromatic rings. The summed E-state index contributed by atoms with van der Waals surface area (Å²) < 4.78 is 28.9. The lowest BCUT2D eigenvalue weighted by molar-refractivity contribution is -0.170. The van der Waals surface area contributed by atoms with Gasteiger partial charge in [0.1, 0.15) is 30.0 Å². The normalized spacial score (nSPS) is 35.2. The van der Waals surface area contributed by atoms with Gasteiger partial charge in [-0.3, -0.25) is 4.79 Å². The first-order chi connectivity index (χ1) is 15.3. The van der Waals surface area contributed by atoms with Crippen molar-refractivity contribution in [2.45, 2.75) is 69.5 Å². The number of epoxide rings is 2. The van der Waals surface area contributed by atoms with Crippen LogP contribution in [0.3, 0.4) is 0 Å². The van der Waals surface area contributed by atoms with Gasteiger partial charge in [0, 0.05) is 7.11 Å². The zero-order valence-corrected chi connectivity index (χ0v) is 19.4. The molecule has 0 unspecified atom stereocenters. The highest BCUT2D eigenvalue weighted by Crippen LogP contribution is 2.59. The molecular formula is C23H33N3O6. The van der Waals surface area contributed by atoms with Crippen molar-refractivity contribution in [1.29, 1.82) is 0 Å². The number of ether oxygens (including phenoxy) is 5. The van der Waals surface area contributed by atoms with E-state index in [0.717, 1.165) is 12.8 Å². The van der Waals surface area contributed by atoms with Gasteiger partial charge < -0.3 is 29.0 Å². The molecule has 176 valence electrons. The van der Waals surface area contributed by atoms with E-state index < -0.39 is 0 Å². The number of aromatic nitrogens is 2. The summed E-state index contributed by atoms with van der Waals surface area (Å²) in [5.41, 5.74) is 0.670. The van der Waals surface area contributed by atoms with Crippen molar-refractivity contribution in [3.8, 4) is 5.75 Å². The molecule has 1 aliphatic carbocycles. The minimum absolute atomic E-state index is 0.00000652. The van der Waals surface area contributed by atoms with Crippen LogP contribution < -0.4 is 10.1 Å². The Hall–Kier alpha value is -2.23. The zero-order chi connectivity index (χ0) is 22.9. The Morgan fingerprint density at radius 1 is 1.31 bits per heavy atom. The summed E-state index contributed by atoms with van der Waals surface area (Å²) >= 11 is 0. The zero-order valence-electron chi connectivity index (χ0n) is 19.4. The summed E-state index contributed by atoms with van der Waals surface area (Å²) in [6.45, 7) is 6.96. The van der Waals surface area contributed by atoms with Crippen LogP contribution in [-0.4, -0.2) is 72.8 Å². The summed E-state index contributed by atoms with van der Waals surface area (Å²) in [6, 6.07) is 0. The summed E-state index contributed by atoms with van der Waals surface area (Å²) in [6.07, 6.45) is 7.08. The predicted octanol–water partition coefficient (Wildman–Crippen LogP) is 2.52. The van der Waals surface area contributed by atoms with Crippen LogP contribution in [0.15, 0.2) is 24.0 Å². The highest BCUT2D eigenvalue weighted by Gasteiger charge is 2.72. The van der Waals surface area contributed by atoms with E-state index in [1.807, 2.05) is 0 Å². The van der Waals surface area contributed by atoms with E-state index in [1.54, 1.807) is 14.2 Å². The number of carbonyl (C=O) groups excluding carboxylic acids is 1. The average molecular weight is 448 g/mol. The highest BCUT2D eigenvalue weighted by molar-refractivity contribution is 5.74. The summed E-state index contributed by atoms with van der Waals surface area (Å²) in [5.74, 6) is 0.494. The minimum Gasteiger partial charge on any atom is -0.494 e. The van der Waals surface area contributed by atoms with Gasteiger partial charge in [0.05, 0.1) is 38.1 Å². The average Bonchev–Trinajstić information content (AvgIpc) is 3.69. The number of anilines is 1. The van der Waals surface area contributed by atoms with Crippen LogP contribution >= 0.6 is 0 Å². The fourth-order valence-electron chi connectivity index (χ4n) is 4.94. The summed E-state index contributed by atoms with van der Waals surface area (Å²) in [5, 5.41) is 2.89. The maximum Gasteiger partial charge on any atom is 0.325 e. The first kappa shape index (κ1) is 22.9. The smallest absolute Gasteiger partial charge is 0.325 e. The quantitative estimate of drug-likeness (QED) is 0.347. The second-order valence-electron chi connectivity index (χ2n) is 9.21. The van der Waals surface area contributed by atoms with E-state index in [9.17, 15) is 4.79 Å². The standard InChI is InChI=1S/C23H33N3O6/c1-14(2)6-7-17-22(3,32-17)20-19(29-5)16(8-9-23(20)13-30-23)31-18(27)12-26-21-24-10-15(28-4)11-25-21/h6,10-11,16-17,19-20H,7-9,12-13H2,1-5H3,(H,24,25,26)/t16-,17-,19-,20-,22-,23+/m1/s1. The third kappa shape index (κ3) is 4.60. The Morgan fingerprint density at radius 2 is 2.03 bits per heavy atom. The number of hydrogen-bond acceptors (Lipinski definition) is 9. The van der Waals surface area contributed by atoms with Crippen LogP contribution in [0.4, 0.5) is 5.95 Å². The number of allylic oxidation sites excluding steroid dienone is 1. The van der Waals surface area contributed by atoms with E-state index in [-0.39, 0.29) is 47.9 Å². The van der Waals surface area contributed by atoms with Gasteiger partial charge in [0.15, 0.2) is 5.75 Å². The first-order valence-electron chi connectivity index (χ1n) is 11.1. The van der Waals surface area contributed by atoms with Crippen molar-refractivity contribution in [1.82, 2.24) is 9.97 Å². The molecule has 4 rings (SSSR count). The van der Waals surface area contributed by atoms with Crippen molar-refractivity contribution in [3.05, 3.63) is 24.0 Å². The fraction of sp³-hybridized carbons (Fsp3) is 0.696. The topological polar surface area (TPSA) is 108 Å². The molecule has 0 radical (unpaired) electrons. The lowest BCUT2D eigenvalue weighted by Gasteiger charge is -2.42. The van der Waals surface area contributed by atoms with E-state index in [4.69, 9.17) is 23.7 Å². The Morgan fingerprint density at radius 3 is 2.62 bits per heavy atom. The third-order valence-corrected chi connectivity index (χ3v) is 6.77. The first-order valence-corrected chi connectivity index (χ1v) is 11.1. The molecule has 3 fully saturated rings. The molecule has 1 N–H and O–H groups in total. The molecule has 0 aromatic carbocycles. The van der Waals surface area contributed by atoms with Gasteiger partial charge in [-0.25, -0.2) is 9.97 Å². The van der Waals surface area contributed by atoms with Crippen LogP contribution in [-0.2, 0) is 23.7 Å². The molecule has 0 bridgehead atoms. The van der Waals surface area contributed by atoms with Crippen molar-refractivity contribution in [3.63, 3.8) is 0 Å². The van der Waals surface area contributed by atoms with E-state index >= 15 is 0 Å². The van der Waals surface area contributed by atoms with E-state index in [0.29, 0.717) is 24.7 Å². The van der Waals surface area contributed by atoms with Gasteiger partial charge in [0.2, 0.25) is 5.95 Å². The molecule has 6 atom stereocenters. The second kappa shape index (κ2) is 8.96. The molecule has 2 aliphatic heterocycles. The predicted molar refractivity (Wildman–Crippen MR) is 116 cm³/mol. The van der Waals surface area contributed by atoms with Crippen molar-refractivity contribution in [2.75, 3.05) is 32.7 Å². The molecule has 9 heteroatoms. The highest BCUT2D eigenvalue weighted by atomic mass is 16.6. The van der Waals surface area contributed by atoms with Crippen molar-refractivity contribution >= 4 is 11.9 Å². The van der Waals surface area contributed by atoms with Crippen molar-refractivity contribution in [2.24, 2.45) is 5.92 Å².